The summed E-state index contributed by atoms with van der Waals surface area (Å²) in [4.78, 5) is 4.23. The van der Waals surface area contributed by atoms with Crippen LogP contribution in [0.1, 0.15) is 52.5 Å². The number of sulfone groups is 2. The second-order valence-electron chi connectivity index (χ2n) is 9.09. The van der Waals surface area contributed by atoms with Crippen LogP contribution in [0.25, 0.3) is 0 Å². The van der Waals surface area contributed by atoms with E-state index >= 15 is 0 Å². The van der Waals surface area contributed by atoms with Crippen LogP contribution < -0.4 is 5.32 Å². The van der Waals surface area contributed by atoms with Gasteiger partial charge in [0, 0.05) is 6.04 Å². The fourth-order valence-electron chi connectivity index (χ4n) is 4.29. The Morgan fingerprint density at radius 1 is 1.13 bits per heavy atom. The van der Waals surface area contributed by atoms with Gasteiger partial charge in [-0.05, 0) is 49.7 Å². The maximum Gasteiger partial charge on any atom is 0.226 e. The molecule has 0 aliphatic heterocycles. The molecule has 6 nitrogen and oxygen atoms in total. The Bertz CT molecular complexity index is 1120. The van der Waals surface area contributed by atoms with Crippen LogP contribution in [0, 0.1) is 18.3 Å². The van der Waals surface area contributed by atoms with Gasteiger partial charge in [-0.1, -0.05) is 56.7 Å². The maximum atomic E-state index is 13.3. The van der Waals surface area contributed by atoms with Crippen LogP contribution in [0.5, 0.6) is 0 Å². The quantitative estimate of drug-likeness (QED) is 0.657. The summed E-state index contributed by atoms with van der Waals surface area (Å²) in [5.41, 5.74) is 1.08. The highest BCUT2D eigenvalue weighted by Gasteiger charge is 2.35. The first-order chi connectivity index (χ1) is 13.8. The third-order valence-corrected chi connectivity index (χ3v) is 10.5. The van der Waals surface area contributed by atoms with Crippen LogP contribution in [0.2, 0.25) is 0 Å². The van der Waals surface area contributed by atoms with Gasteiger partial charge in [0.2, 0.25) is 24.0 Å². The number of aryl methyl sites for hydroxylation is 1. The summed E-state index contributed by atoms with van der Waals surface area (Å²) in [7, 11) is -7.58. The molecule has 2 unspecified atom stereocenters. The van der Waals surface area contributed by atoms with Crippen molar-refractivity contribution in [1.82, 2.24) is 4.98 Å². The summed E-state index contributed by atoms with van der Waals surface area (Å²) in [5, 5.41) is 3.47. The topological polar surface area (TPSA) is 93.2 Å². The van der Waals surface area contributed by atoms with Crippen LogP contribution in [0.3, 0.4) is 0 Å². The van der Waals surface area contributed by atoms with Gasteiger partial charge >= 0.3 is 0 Å². The molecule has 0 saturated heterocycles. The molecular weight excluding hydrogens is 440 g/mol. The highest BCUT2D eigenvalue weighted by atomic mass is 32.2. The van der Waals surface area contributed by atoms with Gasteiger partial charge in [0.1, 0.15) is 5.00 Å². The van der Waals surface area contributed by atoms with Crippen molar-refractivity contribution >= 4 is 36.0 Å². The number of nitrogens with one attached hydrogen (secondary N) is 1. The van der Waals surface area contributed by atoms with E-state index in [9.17, 15) is 16.8 Å². The van der Waals surface area contributed by atoms with Crippen LogP contribution in [0.15, 0.2) is 38.5 Å². The summed E-state index contributed by atoms with van der Waals surface area (Å²) in [6.45, 7) is 10.0. The van der Waals surface area contributed by atoms with Gasteiger partial charge in [0.15, 0.2) is 5.03 Å². The molecule has 1 saturated carbocycles. The number of thiazole rings is 1. The van der Waals surface area contributed by atoms with Crippen molar-refractivity contribution in [3.8, 4) is 0 Å². The molecule has 0 spiro atoms. The van der Waals surface area contributed by atoms with Gasteiger partial charge in [-0.3, -0.25) is 0 Å². The normalized spacial score (nSPS) is 22.0. The molecule has 1 aliphatic carbocycles. The highest BCUT2D eigenvalue weighted by Crippen LogP contribution is 2.42. The van der Waals surface area contributed by atoms with Crippen molar-refractivity contribution < 1.29 is 16.8 Å². The van der Waals surface area contributed by atoms with E-state index in [2.05, 4.69) is 31.1 Å². The first-order valence-electron chi connectivity index (χ1n) is 10.2. The summed E-state index contributed by atoms with van der Waals surface area (Å²) in [6.07, 6.45) is 2.90. The van der Waals surface area contributed by atoms with E-state index in [4.69, 9.17) is 0 Å². The number of nitrogens with zero attached hydrogens (tertiary/aromatic N) is 1. The summed E-state index contributed by atoms with van der Waals surface area (Å²) in [6, 6.07) is 6.58. The minimum Gasteiger partial charge on any atom is -0.372 e. The monoisotopic (exact) mass is 470 g/mol. The molecule has 1 aromatic heterocycles. The minimum absolute atomic E-state index is 0.0633. The molecule has 1 fully saturated rings. The van der Waals surface area contributed by atoms with Gasteiger partial charge in [-0.15, -0.1) is 0 Å². The van der Waals surface area contributed by atoms with Gasteiger partial charge < -0.3 is 5.32 Å². The van der Waals surface area contributed by atoms with Gasteiger partial charge in [-0.2, -0.15) is 0 Å². The predicted molar refractivity (Wildman–Crippen MR) is 121 cm³/mol. The number of rotatable bonds is 6. The third kappa shape index (κ3) is 4.89. The predicted octanol–water partition coefficient (Wildman–Crippen LogP) is 4.70. The fraction of sp³-hybridized carbons (Fsp3) is 0.571. The van der Waals surface area contributed by atoms with E-state index in [-0.39, 0.29) is 31.5 Å². The zero-order chi connectivity index (χ0) is 22.3. The van der Waals surface area contributed by atoms with Gasteiger partial charge in [-0.25, -0.2) is 21.8 Å². The molecule has 9 heteroatoms. The standard InChI is InChI=1S/C21H30N2O4S3/c1-6-29(24,25)20-23-19(30(26,27)17-9-7-14(2)8-10-17)18(28-20)22-16-11-15(3)12-21(4,5)13-16/h7-10,15-16,22H,6,11-13H2,1-5H3. The number of hydrogen-bond donors (Lipinski definition) is 1. The lowest BCUT2D eigenvalue weighted by Gasteiger charge is -2.39. The minimum atomic E-state index is -3.95. The van der Waals surface area contributed by atoms with E-state index in [0.717, 1.165) is 36.2 Å². The van der Waals surface area contributed by atoms with Crippen molar-refractivity contribution in [2.75, 3.05) is 11.1 Å². The second-order valence-corrected chi connectivity index (χ2v) is 14.4. The van der Waals surface area contributed by atoms with Crippen molar-refractivity contribution in [3.63, 3.8) is 0 Å². The lowest BCUT2D eigenvalue weighted by Crippen LogP contribution is -2.35. The number of hydrogen-bond acceptors (Lipinski definition) is 7. The molecule has 1 aliphatic rings. The Morgan fingerprint density at radius 2 is 1.77 bits per heavy atom. The van der Waals surface area contributed by atoms with Crippen LogP contribution in [0.4, 0.5) is 5.00 Å². The van der Waals surface area contributed by atoms with Gasteiger partial charge in [0.05, 0.1) is 10.6 Å². The van der Waals surface area contributed by atoms with E-state index in [1.165, 1.54) is 19.1 Å². The Kier molecular flexibility index (Phi) is 6.38. The largest absolute Gasteiger partial charge is 0.372 e. The zero-order valence-electron chi connectivity index (χ0n) is 18.1. The van der Waals surface area contributed by atoms with E-state index < -0.39 is 19.7 Å². The molecular formula is C21H30N2O4S3. The zero-order valence-corrected chi connectivity index (χ0v) is 20.5. The van der Waals surface area contributed by atoms with E-state index in [1.54, 1.807) is 12.1 Å². The average Bonchev–Trinajstić information content (AvgIpc) is 3.05. The molecule has 2 atom stereocenters. The van der Waals surface area contributed by atoms with Crippen LogP contribution in [-0.2, 0) is 19.7 Å². The van der Waals surface area contributed by atoms with Crippen LogP contribution >= 0.6 is 11.3 Å². The highest BCUT2D eigenvalue weighted by molar-refractivity contribution is 7.94. The van der Waals surface area contributed by atoms with E-state index in [1.807, 2.05) is 6.92 Å². The molecule has 1 N–H and O–H groups in total. The van der Waals surface area contributed by atoms with Crippen molar-refractivity contribution in [1.29, 1.82) is 0 Å². The van der Waals surface area contributed by atoms with Crippen molar-refractivity contribution in [2.24, 2.45) is 11.3 Å². The average molecular weight is 471 g/mol. The Labute approximate surface area is 184 Å². The smallest absolute Gasteiger partial charge is 0.226 e. The second kappa shape index (κ2) is 8.24. The fourth-order valence-corrected chi connectivity index (χ4v) is 8.35. The molecule has 30 heavy (non-hydrogen) atoms. The number of anilines is 1. The Balaban J connectivity index is 2.07. The number of aromatic nitrogens is 1. The molecule has 0 radical (unpaired) electrons. The summed E-state index contributed by atoms with van der Waals surface area (Å²) >= 11 is 0.921. The lowest BCUT2D eigenvalue weighted by atomic mass is 9.71. The molecule has 2 aromatic rings. The molecule has 3 rings (SSSR count). The van der Waals surface area contributed by atoms with Gasteiger partial charge in [0.25, 0.3) is 0 Å². The van der Waals surface area contributed by atoms with Crippen LogP contribution in [-0.4, -0.2) is 33.6 Å². The summed E-state index contributed by atoms with van der Waals surface area (Å²) < 4.78 is 51.4. The molecule has 0 amide bonds. The molecule has 0 bridgehead atoms. The lowest BCUT2D eigenvalue weighted by molar-refractivity contribution is 0.178. The Hall–Kier alpha value is -1.45. The van der Waals surface area contributed by atoms with Crippen molar-refractivity contribution in [3.05, 3.63) is 29.8 Å². The first kappa shape index (κ1) is 23.2. The number of benzene rings is 1. The maximum absolute atomic E-state index is 13.3. The molecule has 1 heterocycles. The summed E-state index contributed by atoms with van der Waals surface area (Å²) in [5.74, 6) is 0.368. The molecule has 1 aromatic carbocycles. The first-order valence-corrected chi connectivity index (χ1v) is 14.1. The SMILES string of the molecule is CCS(=O)(=O)c1nc(S(=O)(=O)c2ccc(C)cc2)c(NC2CC(C)CC(C)(C)C2)s1. The third-order valence-electron chi connectivity index (χ3n) is 5.53. The molecule has 166 valence electrons. The Morgan fingerprint density at radius 3 is 2.33 bits per heavy atom. The van der Waals surface area contributed by atoms with E-state index in [0.29, 0.717) is 10.9 Å². The van der Waals surface area contributed by atoms with Crippen molar-refractivity contribution in [2.45, 2.75) is 74.2 Å².